The van der Waals surface area contributed by atoms with Gasteiger partial charge in [-0.2, -0.15) is 11.8 Å². The zero-order valence-electron chi connectivity index (χ0n) is 15.0. The van der Waals surface area contributed by atoms with Gasteiger partial charge in [-0.25, -0.2) is 5.48 Å². The van der Waals surface area contributed by atoms with Crippen LogP contribution in [-0.2, 0) is 11.2 Å². The molecule has 0 aliphatic carbocycles. The Kier molecular flexibility index (Phi) is 7.69. The monoisotopic (exact) mass is 372 g/mol. The third kappa shape index (κ3) is 5.34. The van der Waals surface area contributed by atoms with Crippen molar-refractivity contribution in [2.24, 2.45) is 0 Å². The van der Waals surface area contributed by atoms with Crippen LogP contribution in [0.15, 0.2) is 48.5 Å². The molecule has 0 saturated heterocycles. The van der Waals surface area contributed by atoms with Gasteiger partial charge in [-0.05, 0) is 41.5 Å². The molecule has 26 heavy (non-hydrogen) atoms. The molecule has 0 heterocycles. The molecule has 2 amide bonds. The summed E-state index contributed by atoms with van der Waals surface area (Å²) in [6.07, 6.45) is 4.01. The molecule has 6 heteroatoms. The second-order valence-corrected chi connectivity index (χ2v) is 6.89. The highest BCUT2D eigenvalue weighted by Crippen LogP contribution is 2.21. The van der Waals surface area contributed by atoms with Crippen molar-refractivity contribution in [2.75, 3.05) is 12.0 Å². The molecule has 2 rings (SSSR count). The van der Waals surface area contributed by atoms with Gasteiger partial charge in [0.1, 0.15) is 6.04 Å². The molecule has 0 aliphatic heterocycles. The molecule has 0 radical (unpaired) electrons. The Morgan fingerprint density at radius 2 is 1.62 bits per heavy atom. The lowest BCUT2D eigenvalue weighted by atomic mass is 10.0. The van der Waals surface area contributed by atoms with Gasteiger partial charge in [-0.15, -0.1) is 0 Å². The van der Waals surface area contributed by atoms with E-state index in [0.717, 1.165) is 24.0 Å². The van der Waals surface area contributed by atoms with Gasteiger partial charge in [0.05, 0.1) is 0 Å². The van der Waals surface area contributed by atoms with Crippen molar-refractivity contribution in [3.05, 3.63) is 59.7 Å². The van der Waals surface area contributed by atoms with Gasteiger partial charge in [0.2, 0.25) is 0 Å². The van der Waals surface area contributed by atoms with Crippen molar-refractivity contribution in [3.8, 4) is 11.1 Å². The first-order chi connectivity index (χ1) is 12.6. The summed E-state index contributed by atoms with van der Waals surface area (Å²) in [4.78, 5) is 23.9. The lowest BCUT2D eigenvalue weighted by molar-refractivity contribution is -0.130. The number of amides is 2. The molecular weight excluding hydrogens is 348 g/mol. The standard InChI is InChI=1S/C20H24N2O3S/c1-3-4-14-5-7-15(8-6-14)16-9-11-17(12-10-16)19(23)21-18(13-26-2)20(24)22-25/h5-12,18,25H,3-4,13H2,1-2H3,(H,21,23)(H,22,24)/t18-/m0/s1. The summed E-state index contributed by atoms with van der Waals surface area (Å²) < 4.78 is 0. The van der Waals surface area contributed by atoms with Gasteiger partial charge >= 0.3 is 0 Å². The number of carbonyl (C=O) groups excluding carboxylic acids is 2. The largest absolute Gasteiger partial charge is 0.339 e. The highest BCUT2D eigenvalue weighted by Gasteiger charge is 2.20. The second-order valence-electron chi connectivity index (χ2n) is 5.98. The van der Waals surface area contributed by atoms with E-state index in [1.54, 1.807) is 17.6 Å². The number of hydrogen-bond acceptors (Lipinski definition) is 4. The highest BCUT2D eigenvalue weighted by molar-refractivity contribution is 7.98. The molecule has 0 aromatic heterocycles. The SMILES string of the molecule is CCCc1ccc(-c2ccc(C(=O)N[C@@H](CSC)C(=O)NO)cc2)cc1. The summed E-state index contributed by atoms with van der Waals surface area (Å²) in [6, 6.07) is 14.9. The predicted octanol–water partition coefficient (Wildman–Crippen LogP) is 3.27. The van der Waals surface area contributed by atoms with Crippen LogP contribution < -0.4 is 10.8 Å². The van der Waals surface area contributed by atoms with Crippen molar-refractivity contribution in [1.82, 2.24) is 10.8 Å². The molecule has 5 nitrogen and oxygen atoms in total. The summed E-state index contributed by atoms with van der Waals surface area (Å²) in [5.74, 6) is -0.602. The van der Waals surface area contributed by atoms with Crippen molar-refractivity contribution < 1.29 is 14.8 Å². The number of hydroxylamine groups is 1. The number of hydrogen-bond donors (Lipinski definition) is 3. The van der Waals surface area contributed by atoms with E-state index in [2.05, 4.69) is 36.5 Å². The minimum Gasteiger partial charge on any atom is -0.339 e. The summed E-state index contributed by atoms with van der Waals surface area (Å²) in [5, 5.41) is 11.4. The van der Waals surface area contributed by atoms with E-state index >= 15 is 0 Å². The Bertz CT molecular complexity index is 730. The van der Waals surface area contributed by atoms with Crippen LogP contribution >= 0.6 is 11.8 Å². The maximum atomic E-state index is 12.3. The summed E-state index contributed by atoms with van der Waals surface area (Å²) >= 11 is 1.41. The van der Waals surface area contributed by atoms with Crippen molar-refractivity contribution >= 4 is 23.6 Å². The molecule has 0 aliphatic rings. The molecular formula is C20H24N2O3S. The number of aryl methyl sites for hydroxylation is 1. The first-order valence-electron chi connectivity index (χ1n) is 8.52. The van der Waals surface area contributed by atoms with Gasteiger partial charge in [0, 0.05) is 11.3 Å². The van der Waals surface area contributed by atoms with Gasteiger partial charge in [-0.1, -0.05) is 49.7 Å². The third-order valence-electron chi connectivity index (χ3n) is 4.04. The summed E-state index contributed by atoms with van der Waals surface area (Å²) in [6.45, 7) is 2.16. The Morgan fingerprint density at radius 1 is 1.04 bits per heavy atom. The van der Waals surface area contributed by atoms with Crippen LogP contribution in [0.4, 0.5) is 0 Å². The molecule has 1 atom stereocenters. The maximum Gasteiger partial charge on any atom is 0.266 e. The van der Waals surface area contributed by atoms with Crippen LogP contribution in [0, 0.1) is 0 Å². The number of rotatable bonds is 8. The van der Waals surface area contributed by atoms with Gasteiger partial charge in [0.15, 0.2) is 0 Å². The number of thioether (sulfide) groups is 1. The fraction of sp³-hybridized carbons (Fsp3) is 0.300. The lowest BCUT2D eigenvalue weighted by Gasteiger charge is -2.15. The normalized spacial score (nSPS) is 11.7. The Hall–Kier alpha value is -2.31. The average molecular weight is 372 g/mol. The smallest absolute Gasteiger partial charge is 0.266 e. The first kappa shape index (κ1) is 20.0. The van der Waals surface area contributed by atoms with E-state index in [-0.39, 0.29) is 5.91 Å². The van der Waals surface area contributed by atoms with E-state index in [9.17, 15) is 9.59 Å². The van der Waals surface area contributed by atoms with Crippen LogP contribution in [-0.4, -0.2) is 35.1 Å². The highest BCUT2D eigenvalue weighted by atomic mass is 32.2. The number of nitrogens with one attached hydrogen (secondary N) is 2. The summed E-state index contributed by atoms with van der Waals surface area (Å²) in [5.41, 5.74) is 5.48. The molecule has 2 aromatic rings. The minimum absolute atomic E-state index is 0.350. The molecule has 138 valence electrons. The zero-order valence-corrected chi connectivity index (χ0v) is 15.8. The van der Waals surface area contributed by atoms with E-state index < -0.39 is 11.9 Å². The molecule has 0 bridgehead atoms. The Labute approximate surface area is 158 Å². The Balaban J connectivity index is 2.08. The predicted molar refractivity (Wildman–Crippen MR) is 105 cm³/mol. The number of benzene rings is 2. The first-order valence-corrected chi connectivity index (χ1v) is 9.91. The number of carbonyl (C=O) groups is 2. The fourth-order valence-electron chi connectivity index (χ4n) is 2.64. The lowest BCUT2D eigenvalue weighted by Crippen LogP contribution is -2.47. The summed E-state index contributed by atoms with van der Waals surface area (Å²) in [7, 11) is 0. The van der Waals surface area contributed by atoms with Crippen LogP contribution in [0.1, 0.15) is 29.3 Å². The van der Waals surface area contributed by atoms with Gasteiger partial charge in [-0.3, -0.25) is 14.8 Å². The van der Waals surface area contributed by atoms with Gasteiger partial charge in [0.25, 0.3) is 11.8 Å². The molecule has 0 fully saturated rings. The molecule has 0 spiro atoms. The molecule has 3 N–H and O–H groups in total. The minimum atomic E-state index is -0.784. The van der Waals surface area contributed by atoms with Crippen LogP contribution in [0.25, 0.3) is 11.1 Å². The topological polar surface area (TPSA) is 78.4 Å². The van der Waals surface area contributed by atoms with Crippen LogP contribution in [0.5, 0.6) is 0 Å². The van der Waals surface area contributed by atoms with Crippen molar-refractivity contribution in [2.45, 2.75) is 25.8 Å². The zero-order chi connectivity index (χ0) is 18.9. The van der Waals surface area contributed by atoms with Crippen LogP contribution in [0.2, 0.25) is 0 Å². The van der Waals surface area contributed by atoms with E-state index in [4.69, 9.17) is 5.21 Å². The van der Waals surface area contributed by atoms with Crippen molar-refractivity contribution in [1.29, 1.82) is 0 Å². The fourth-order valence-corrected chi connectivity index (χ4v) is 3.20. The van der Waals surface area contributed by atoms with E-state index in [1.165, 1.54) is 17.3 Å². The van der Waals surface area contributed by atoms with E-state index in [1.807, 2.05) is 18.4 Å². The van der Waals surface area contributed by atoms with Gasteiger partial charge < -0.3 is 5.32 Å². The maximum absolute atomic E-state index is 12.3. The molecule has 2 aromatic carbocycles. The molecule has 0 saturated carbocycles. The third-order valence-corrected chi connectivity index (χ3v) is 4.71. The van der Waals surface area contributed by atoms with E-state index in [0.29, 0.717) is 11.3 Å². The second kappa shape index (κ2) is 9.99. The average Bonchev–Trinajstić information content (AvgIpc) is 2.68. The Morgan fingerprint density at radius 3 is 2.12 bits per heavy atom. The van der Waals surface area contributed by atoms with Crippen LogP contribution in [0.3, 0.4) is 0 Å². The quantitative estimate of drug-likeness (QED) is 0.491. The molecule has 0 unspecified atom stereocenters. The van der Waals surface area contributed by atoms with Crippen molar-refractivity contribution in [3.63, 3.8) is 0 Å².